The highest BCUT2D eigenvalue weighted by molar-refractivity contribution is 5.85. The molecule has 2 heterocycles. The quantitative estimate of drug-likeness (QED) is 0.603. The van der Waals surface area contributed by atoms with Gasteiger partial charge in [-0.25, -0.2) is 0 Å². The molecule has 2 aliphatic rings. The summed E-state index contributed by atoms with van der Waals surface area (Å²) in [5, 5.41) is 6.08. The Morgan fingerprint density at radius 3 is 3.00 bits per heavy atom. The Kier molecular flexibility index (Phi) is 2.78. The lowest BCUT2D eigenvalue weighted by Gasteiger charge is -2.30. The van der Waals surface area contributed by atoms with Crippen molar-refractivity contribution in [1.82, 2.24) is 10.6 Å². The third kappa shape index (κ3) is 1.67. The van der Waals surface area contributed by atoms with E-state index in [0.717, 1.165) is 25.7 Å². The second-order valence-corrected chi connectivity index (χ2v) is 4.78. The maximum Gasteiger partial charge on any atom is 0.227 e. The molecule has 1 amide bonds. The molecule has 3 unspecified atom stereocenters. The molecule has 1 spiro atoms. The minimum atomic E-state index is -0.345. The molecule has 0 saturated carbocycles. The molecule has 0 bridgehead atoms. The van der Waals surface area contributed by atoms with E-state index in [-0.39, 0.29) is 17.4 Å². The first-order valence-electron chi connectivity index (χ1n) is 5.66. The van der Waals surface area contributed by atoms with Gasteiger partial charge in [0, 0.05) is 13.1 Å². The monoisotopic (exact) mass is 210 g/mol. The van der Waals surface area contributed by atoms with Gasteiger partial charge < -0.3 is 15.4 Å². The largest absolute Gasteiger partial charge is 0.356 e. The zero-order valence-electron chi connectivity index (χ0n) is 9.08. The van der Waals surface area contributed by atoms with Crippen molar-refractivity contribution >= 4 is 12.2 Å². The van der Waals surface area contributed by atoms with Gasteiger partial charge in [0.2, 0.25) is 5.91 Å². The number of carbonyl (C=O) groups excluding carboxylic acids is 2. The van der Waals surface area contributed by atoms with Gasteiger partial charge in [0.1, 0.15) is 6.29 Å². The van der Waals surface area contributed by atoms with Crippen molar-refractivity contribution in [3.05, 3.63) is 0 Å². The number of carbonyl (C=O) groups is 2. The number of hydrogen-bond acceptors (Lipinski definition) is 3. The summed E-state index contributed by atoms with van der Waals surface area (Å²) in [5.41, 5.74) is -0.345. The van der Waals surface area contributed by atoms with E-state index in [9.17, 15) is 9.59 Å². The van der Waals surface area contributed by atoms with Crippen LogP contribution in [0.25, 0.3) is 0 Å². The molecule has 4 heteroatoms. The average Bonchev–Trinajstić information content (AvgIpc) is 2.63. The Morgan fingerprint density at radius 1 is 1.53 bits per heavy atom. The van der Waals surface area contributed by atoms with Crippen molar-refractivity contribution < 1.29 is 9.59 Å². The standard InChI is InChI=1S/C11H18N2O2/c1-8-3-2-4-12-10(15)11(8)5-9(6-14)13-7-11/h6,8-9,13H,2-5,7H2,1H3,(H,12,15). The van der Waals surface area contributed by atoms with E-state index in [1.54, 1.807) is 0 Å². The van der Waals surface area contributed by atoms with Crippen LogP contribution in [0.15, 0.2) is 0 Å². The molecule has 3 atom stereocenters. The van der Waals surface area contributed by atoms with E-state index < -0.39 is 0 Å². The molecule has 2 fully saturated rings. The molecule has 84 valence electrons. The van der Waals surface area contributed by atoms with Crippen molar-refractivity contribution in [1.29, 1.82) is 0 Å². The van der Waals surface area contributed by atoms with Crippen LogP contribution in [0.2, 0.25) is 0 Å². The van der Waals surface area contributed by atoms with Crippen molar-refractivity contribution in [3.63, 3.8) is 0 Å². The number of hydrogen-bond donors (Lipinski definition) is 2. The zero-order valence-corrected chi connectivity index (χ0v) is 9.08. The smallest absolute Gasteiger partial charge is 0.227 e. The molecule has 0 aromatic rings. The highest BCUT2D eigenvalue weighted by atomic mass is 16.2. The number of rotatable bonds is 1. The lowest BCUT2D eigenvalue weighted by atomic mass is 9.72. The fourth-order valence-electron chi connectivity index (χ4n) is 2.78. The molecule has 2 N–H and O–H groups in total. The third-order valence-corrected chi connectivity index (χ3v) is 3.92. The topological polar surface area (TPSA) is 58.2 Å². The summed E-state index contributed by atoms with van der Waals surface area (Å²) in [5.74, 6) is 0.488. The van der Waals surface area contributed by atoms with E-state index in [0.29, 0.717) is 18.9 Å². The summed E-state index contributed by atoms with van der Waals surface area (Å²) in [6.45, 7) is 3.54. The Balaban J connectivity index is 2.22. The van der Waals surface area contributed by atoms with Gasteiger partial charge in [0.05, 0.1) is 11.5 Å². The second kappa shape index (κ2) is 3.93. The van der Waals surface area contributed by atoms with Crippen LogP contribution >= 0.6 is 0 Å². The van der Waals surface area contributed by atoms with Gasteiger partial charge in [-0.15, -0.1) is 0 Å². The molecule has 0 aromatic heterocycles. The summed E-state index contributed by atoms with van der Waals surface area (Å²) < 4.78 is 0. The minimum Gasteiger partial charge on any atom is -0.356 e. The summed E-state index contributed by atoms with van der Waals surface area (Å²) in [4.78, 5) is 22.8. The Morgan fingerprint density at radius 2 is 2.33 bits per heavy atom. The van der Waals surface area contributed by atoms with Crippen LogP contribution < -0.4 is 10.6 Å². The fourth-order valence-corrected chi connectivity index (χ4v) is 2.78. The maximum absolute atomic E-state index is 12.0. The Bertz CT molecular complexity index is 280. The highest BCUT2D eigenvalue weighted by Gasteiger charge is 2.49. The lowest BCUT2D eigenvalue weighted by molar-refractivity contribution is -0.132. The van der Waals surface area contributed by atoms with Crippen LogP contribution in [-0.4, -0.2) is 31.3 Å². The number of aldehydes is 1. The third-order valence-electron chi connectivity index (χ3n) is 3.92. The maximum atomic E-state index is 12.0. The summed E-state index contributed by atoms with van der Waals surface area (Å²) in [7, 11) is 0. The summed E-state index contributed by atoms with van der Waals surface area (Å²) in [6.07, 6.45) is 3.68. The van der Waals surface area contributed by atoms with E-state index in [2.05, 4.69) is 17.6 Å². The first kappa shape index (κ1) is 10.6. The highest BCUT2D eigenvalue weighted by Crippen LogP contribution is 2.40. The van der Waals surface area contributed by atoms with Gasteiger partial charge in [0.25, 0.3) is 0 Å². The molecular weight excluding hydrogens is 192 g/mol. The van der Waals surface area contributed by atoms with E-state index in [1.165, 1.54) is 0 Å². The molecule has 4 nitrogen and oxygen atoms in total. The first-order valence-corrected chi connectivity index (χ1v) is 5.66. The van der Waals surface area contributed by atoms with Crippen LogP contribution in [0.1, 0.15) is 26.2 Å². The zero-order chi connectivity index (χ0) is 10.9. The van der Waals surface area contributed by atoms with E-state index in [1.807, 2.05) is 0 Å². The number of amides is 1. The van der Waals surface area contributed by atoms with Crippen LogP contribution in [0.4, 0.5) is 0 Å². The van der Waals surface area contributed by atoms with Crippen LogP contribution in [0.3, 0.4) is 0 Å². The fraction of sp³-hybridized carbons (Fsp3) is 0.818. The molecule has 0 aliphatic carbocycles. The minimum absolute atomic E-state index is 0.129. The second-order valence-electron chi connectivity index (χ2n) is 4.78. The lowest BCUT2D eigenvalue weighted by Crippen LogP contribution is -2.44. The molecule has 0 radical (unpaired) electrons. The van der Waals surface area contributed by atoms with E-state index >= 15 is 0 Å². The Hall–Kier alpha value is -0.900. The van der Waals surface area contributed by atoms with Gasteiger partial charge >= 0.3 is 0 Å². The summed E-state index contributed by atoms with van der Waals surface area (Å²) in [6, 6.07) is -0.142. The van der Waals surface area contributed by atoms with Crippen molar-refractivity contribution in [2.75, 3.05) is 13.1 Å². The molecular formula is C11H18N2O2. The SMILES string of the molecule is CC1CCCNC(=O)C12CNC(C=O)C2. The Labute approximate surface area is 89.8 Å². The molecule has 15 heavy (non-hydrogen) atoms. The molecule has 0 aromatic carbocycles. The van der Waals surface area contributed by atoms with Gasteiger partial charge in [-0.2, -0.15) is 0 Å². The predicted octanol–water partition coefficient (Wildman–Crippen LogP) is 0.0797. The molecule has 2 saturated heterocycles. The average molecular weight is 210 g/mol. The first-order chi connectivity index (χ1) is 7.19. The molecule has 2 aliphatic heterocycles. The molecule has 2 rings (SSSR count). The van der Waals surface area contributed by atoms with Crippen molar-refractivity contribution in [2.24, 2.45) is 11.3 Å². The van der Waals surface area contributed by atoms with Gasteiger partial charge in [-0.05, 0) is 25.2 Å². The normalized spacial score (nSPS) is 41.3. The van der Waals surface area contributed by atoms with E-state index in [4.69, 9.17) is 0 Å². The van der Waals surface area contributed by atoms with Crippen LogP contribution in [0.5, 0.6) is 0 Å². The number of nitrogens with one attached hydrogen (secondary N) is 2. The predicted molar refractivity (Wildman–Crippen MR) is 56.3 cm³/mol. The van der Waals surface area contributed by atoms with Crippen LogP contribution in [-0.2, 0) is 9.59 Å². The van der Waals surface area contributed by atoms with Crippen LogP contribution in [0, 0.1) is 11.3 Å². The van der Waals surface area contributed by atoms with Gasteiger partial charge in [0.15, 0.2) is 0 Å². The van der Waals surface area contributed by atoms with Gasteiger partial charge in [-0.3, -0.25) is 4.79 Å². The van der Waals surface area contributed by atoms with Gasteiger partial charge in [-0.1, -0.05) is 6.92 Å². The van der Waals surface area contributed by atoms with Crippen molar-refractivity contribution in [2.45, 2.75) is 32.2 Å². The summed E-state index contributed by atoms with van der Waals surface area (Å²) >= 11 is 0. The van der Waals surface area contributed by atoms with Crippen molar-refractivity contribution in [3.8, 4) is 0 Å².